The second-order valence-corrected chi connectivity index (χ2v) is 5.19. The van der Waals surface area contributed by atoms with E-state index in [4.69, 9.17) is 0 Å². The molecular weight excluding hydrogens is 278 g/mol. The number of amides is 2. The van der Waals surface area contributed by atoms with Crippen LogP contribution in [0, 0.1) is 13.8 Å². The van der Waals surface area contributed by atoms with Gasteiger partial charge in [-0.3, -0.25) is 4.40 Å². The van der Waals surface area contributed by atoms with E-state index in [-0.39, 0.29) is 6.03 Å². The Kier molecular flexibility index (Phi) is 3.74. The Bertz CT molecular complexity index is 807. The van der Waals surface area contributed by atoms with E-state index in [0.29, 0.717) is 12.2 Å². The molecule has 3 rings (SSSR count). The lowest BCUT2D eigenvalue weighted by atomic mass is 10.1. The number of urea groups is 1. The van der Waals surface area contributed by atoms with Gasteiger partial charge in [-0.15, -0.1) is 10.2 Å². The number of fused-ring (bicyclic) bond motifs is 1. The largest absolute Gasteiger partial charge is 0.334 e. The molecule has 0 aliphatic heterocycles. The molecule has 0 fully saturated rings. The van der Waals surface area contributed by atoms with Crippen LogP contribution in [0.4, 0.5) is 10.5 Å². The summed E-state index contributed by atoms with van der Waals surface area (Å²) in [6.07, 6.45) is 1.80. The van der Waals surface area contributed by atoms with Crippen LogP contribution in [0.25, 0.3) is 5.65 Å². The Morgan fingerprint density at radius 2 is 1.86 bits per heavy atom. The average Bonchev–Trinajstić information content (AvgIpc) is 2.88. The number of anilines is 1. The number of rotatable bonds is 3. The molecule has 2 aromatic heterocycles. The molecule has 0 spiro atoms. The van der Waals surface area contributed by atoms with Gasteiger partial charge in [-0.05, 0) is 31.5 Å². The van der Waals surface area contributed by atoms with Crippen molar-refractivity contribution in [2.45, 2.75) is 20.4 Å². The zero-order valence-electron chi connectivity index (χ0n) is 12.5. The number of benzene rings is 1. The topological polar surface area (TPSA) is 71.3 Å². The van der Waals surface area contributed by atoms with Gasteiger partial charge in [0.1, 0.15) is 5.82 Å². The number of nitrogens with zero attached hydrogens (tertiary/aromatic N) is 3. The van der Waals surface area contributed by atoms with Crippen molar-refractivity contribution in [2.75, 3.05) is 5.32 Å². The van der Waals surface area contributed by atoms with Crippen LogP contribution >= 0.6 is 0 Å². The van der Waals surface area contributed by atoms with Crippen molar-refractivity contribution in [1.29, 1.82) is 0 Å². The molecule has 0 aliphatic rings. The van der Waals surface area contributed by atoms with Gasteiger partial charge < -0.3 is 10.6 Å². The smallest absolute Gasteiger partial charge is 0.319 e. The van der Waals surface area contributed by atoms with Crippen LogP contribution in [0.1, 0.15) is 17.0 Å². The van der Waals surface area contributed by atoms with Gasteiger partial charge in [0.05, 0.1) is 5.69 Å². The first-order valence-electron chi connectivity index (χ1n) is 7.03. The minimum Gasteiger partial charge on any atom is -0.334 e. The predicted molar refractivity (Wildman–Crippen MR) is 84.8 cm³/mol. The van der Waals surface area contributed by atoms with Crippen LogP contribution in [-0.2, 0) is 6.54 Å². The highest BCUT2D eigenvalue weighted by atomic mass is 16.2. The molecule has 0 bridgehead atoms. The van der Waals surface area contributed by atoms with E-state index >= 15 is 0 Å². The summed E-state index contributed by atoms with van der Waals surface area (Å²) in [5.41, 5.74) is 3.71. The van der Waals surface area contributed by atoms with Crippen molar-refractivity contribution in [1.82, 2.24) is 19.9 Å². The lowest BCUT2D eigenvalue weighted by molar-refractivity contribution is 0.251. The lowest BCUT2D eigenvalue weighted by Gasteiger charge is -2.08. The number of hydrogen-bond donors (Lipinski definition) is 2. The van der Waals surface area contributed by atoms with Crippen LogP contribution in [-0.4, -0.2) is 20.6 Å². The summed E-state index contributed by atoms with van der Waals surface area (Å²) in [6, 6.07) is 11.4. The highest BCUT2D eigenvalue weighted by Gasteiger charge is 2.05. The standard InChI is InChI=1S/C16H17N5O/c1-11-3-5-13(6-4-11)9-17-16(22)18-14-7-8-15-20-19-12(2)21(15)10-14/h3-8,10H,9H2,1-2H3,(H2,17,18,22). The number of hydrogen-bond acceptors (Lipinski definition) is 3. The minimum absolute atomic E-state index is 0.245. The summed E-state index contributed by atoms with van der Waals surface area (Å²) in [7, 11) is 0. The Balaban J connectivity index is 1.62. The fraction of sp³-hybridized carbons (Fsp3) is 0.188. The Morgan fingerprint density at radius 1 is 1.09 bits per heavy atom. The first kappa shape index (κ1) is 14.1. The third-order valence-corrected chi connectivity index (χ3v) is 3.40. The van der Waals surface area contributed by atoms with Gasteiger partial charge in [0.25, 0.3) is 0 Å². The first-order chi connectivity index (χ1) is 10.6. The molecule has 6 nitrogen and oxygen atoms in total. The monoisotopic (exact) mass is 295 g/mol. The summed E-state index contributed by atoms with van der Waals surface area (Å²) < 4.78 is 1.83. The van der Waals surface area contributed by atoms with Gasteiger partial charge in [0, 0.05) is 12.7 Å². The first-order valence-corrected chi connectivity index (χ1v) is 7.03. The molecule has 0 saturated carbocycles. The van der Waals surface area contributed by atoms with Crippen LogP contribution in [0.3, 0.4) is 0 Å². The van der Waals surface area contributed by atoms with Crippen molar-refractivity contribution < 1.29 is 4.79 Å². The summed E-state index contributed by atoms with van der Waals surface area (Å²) >= 11 is 0. The molecule has 1 aromatic carbocycles. The van der Waals surface area contributed by atoms with Crippen molar-refractivity contribution in [3.63, 3.8) is 0 Å². The number of aryl methyl sites for hydroxylation is 2. The maximum atomic E-state index is 11.9. The summed E-state index contributed by atoms with van der Waals surface area (Å²) in [6.45, 7) is 4.38. The van der Waals surface area contributed by atoms with E-state index in [1.165, 1.54) is 5.56 Å². The number of pyridine rings is 1. The van der Waals surface area contributed by atoms with Crippen LogP contribution < -0.4 is 10.6 Å². The molecule has 22 heavy (non-hydrogen) atoms. The molecule has 6 heteroatoms. The van der Waals surface area contributed by atoms with E-state index in [1.54, 1.807) is 12.3 Å². The number of aromatic nitrogens is 3. The molecule has 0 unspecified atom stereocenters. The zero-order chi connectivity index (χ0) is 15.5. The molecule has 0 aliphatic carbocycles. The highest BCUT2D eigenvalue weighted by molar-refractivity contribution is 5.89. The second kappa shape index (κ2) is 5.85. The normalized spacial score (nSPS) is 10.6. The van der Waals surface area contributed by atoms with E-state index in [2.05, 4.69) is 20.8 Å². The van der Waals surface area contributed by atoms with E-state index in [1.807, 2.05) is 48.6 Å². The molecule has 0 saturated heterocycles. The molecule has 3 aromatic rings. The molecule has 112 valence electrons. The number of nitrogens with one attached hydrogen (secondary N) is 2. The highest BCUT2D eigenvalue weighted by Crippen LogP contribution is 2.11. The maximum absolute atomic E-state index is 11.9. The molecule has 2 N–H and O–H groups in total. The fourth-order valence-electron chi connectivity index (χ4n) is 2.14. The van der Waals surface area contributed by atoms with Gasteiger partial charge in [0.15, 0.2) is 5.65 Å². The Morgan fingerprint density at radius 3 is 2.64 bits per heavy atom. The van der Waals surface area contributed by atoms with Crippen LogP contribution in [0.2, 0.25) is 0 Å². The van der Waals surface area contributed by atoms with Crippen LogP contribution in [0.5, 0.6) is 0 Å². The molecular formula is C16H17N5O. The van der Waals surface area contributed by atoms with Crippen molar-refractivity contribution in [3.05, 3.63) is 59.5 Å². The van der Waals surface area contributed by atoms with E-state index in [0.717, 1.165) is 17.0 Å². The SMILES string of the molecule is Cc1ccc(CNC(=O)Nc2ccc3nnc(C)n3c2)cc1. The molecule has 2 amide bonds. The van der Waals surface area contributed by atoms with Gasteiger partial charge in [-0.2, -0.15) is 0 Å². The third-order valence-electron chi connectivity index (χ3n) is 3.40. The van der Waals surface area contributed by atoms with Gasteiger partial charge >= 0.3 is 6.03 Å². The lowest BCUT2D eigenvalue weighted by Crippen LogP contribution is -2.28. The maximum Gasteiger partial charge on any atom is 0.319 e. The van der Waals surface area contributed by atoms with Crippen molar-refractivity contribution in [2.24, 2.45) is 0 Å². The molecule has 2 heterocycles. The number of carbonyl (C=O) groups is 1. The van der Waals surface area contributed by atoms with Gasteiger partial charge in [-0.1, -0.05) is 29.8 Å². The average molecular weight is 295 g/mol. The Hall–Kier alpha value is -2.89. The van der Waals surface area contributed by atoms with Gasteiger partial charge in [0.2, 0.25) is 0 Å². The van der Waals surface area contributed by atoms with E-state index in [9.17, 15) is 4.79 Å². The number of carbonyl (C=O) groups excluding carboxylic acids is 1. The zero-order valence-corrected chi connectivity index (χ0v) is 12.5. The second-order valence-electron chi connectivity index (χ2n) is 5.19. The van der Waals surface area contributed by atoms with Crippen molar-refractivity contribution in [3.8, 4) is 0 Å². The van der Waals surface area contributed by atoms with Crippen molar-refractivity contribution >= 4 is 17.4 Å². The quantitative estimate of drug-likeness (QED) is 0.780. The van der Waals surface area contributed by atoms with E-state index < -0.39 is 0 Å². The predicted octanol–water partition coefficient (Wildman–Crippen LogP) is 2.67. The molecule has 0 atom stereocenters. The summed E-state index contributed by atoms with van der Waals surface area (Å²) in [5.74, 6) is 0.777. The molecule has 0 radical (unpaired) electrons. The minimum atomic E-state index is -0.245. The fourth-order valence-corrected chi connectivity index (χ4v) is 2.14. The third kappa shape index (κ3) is 3.06. The van der Waals surface area contributed by atoms with Crippen LogP contribution in [0.15, 0.2) is 42.6 Å². The summed E-state index contributed by atoms with van der Waals surface area (Å²) in [5, 5.41) is 13.6. The van der Waals surface area contributed by atoms with Gasteiger partial charge in [-0.25, -0.2) is 4.79 Å². The summed E-state index contributed by atoms with van der Waals surface area (Å²) in [4.78, 5) is 11.9. The Labute approximate surface area is 128 Å².